The Morgan fingerprint density at radius 1 is 1.05 bits per heavy atom. The second-order valence-electron chi connectivity index (χ2n) is 11.4. The molecule has 0 aliphatic carbocycles. The van der Waals surface area contributed by atoms with Gasteiger partial charge >= 0.3 is 6.09 Å². The van der Waals surface area contributed by atoms with Crippen molar-refractivity contribution in [2.75, 3.05) is 38.1 Å². The van der Waals surface area contributed by atoms with Gasteiger partial charge in [0.05, 0.1) is 13.1 Å². The van der Waals surface area contributed by atoms with Crippen LogP contribution in [0.15, 0.2) is 42.5 Å². The summed E-state index contributed by atoms with van der Waals surface area (Å²) >= 11 is 6.30. The van der Waals surface area contributed by atoms with Crippen molar-refractivity contribution in [3.05, 3.63) is 64.2 Å². The number of ether oxygens (including phenoxy) is 1. The molecule has 0 spiro atoms. The number of nitrogens with one attached hydrogen (secondary N) is 1. The average molecular weight is 572 g/mol. The first kappa shape index (κ1) is 31.2. The van der Waals surface area contributed by atoms with Gasteiger partial charge in [0.2, 0.25) is 5.91 Å². The summed E-state index contributed by atoms with van der Waals surface area (Å²) in [4.78, 5) is 42.4. The molecule has 0 unspecified atom stereocenters. The van der Waals surface area contributed by atoms with Crippen LogP contribution >= 0.6 is 11.6 Å². The zero-order valence-corrected chi connectivity index (χ0v) is 25.4. The summed E-state index contributed by atoms with van der Waals surface area (Å²) in [5.74, 6) is -0.410. The van der Waals surface area contributed by atoms with Crippen molar-refractivity contribution < 1.29 is 19.1 Å². The predicted octanol–water partition coefficient (Wildman–Crippen LogP) is 4.61. The number of hydrogen-bond donors (Lipinski definition) is 1. The molecular weight excluding hydrogens is 530 g/mol. The molecule has 1 aliphatic heterocycles. The van der Waals surface area contributed by atoms with Gasteiger partial charge < -0.3 is 19.9 Å². The van der Waals surface area contributed by atoms with Crippen molar-refractivity contribution in [1.82, 2.24) is 20.2 Å². The Labute approximate surface area is 243 Å². The normalized spacial score (nSPS) is 13.1. The van der Waals surface area contributed by atoms with E-state index in [0.29, 0.717) is 30.3 Å². The quantitative estimate of drug-likeness (QED) is 0.448. The zero-order valence-electron chi connectivity index (χ0n) is 24.7. The number of rotatable bonds is 10. The standard InChI is InChI=1S/C30H42ClN5O4/c1-21(2)36(29(39)40-30(4,5)6)15-14-32-27(37)19-34(26-16-25(31)13-12-22(26)3)20-28(38)33(7)35-17-23-10-8-9-11-24(23)18-35/h8-13,16,21H,14-15,17-20H2,1-7H3,(H,32,37). The second kappa shape index (κ2) is 13.4. The van der Waals surface area contributed by atoms with E-state index in [0.717, 1.165) is 5.56 Å². The van der Waals surface area contributed by atoms with Crippen molar-refractivity contribution in [2.24, 2.45) is 0 Å². The maximum Gasteiger partial charge on any atom is 0.410 e. The molecule has 1 aliphatic rings. The molecule has 0 aromatic heterocycles. The van der Waals surface area contributed by atoms with Crippen LogP contribution < -0.4 is 10.2 Å². The summed E-state index contributed by atoms with van der Waals surface area (Å²) in [6.45, 7) is 13.0. The number of carbonyl (C=O) groups is 3. The Morgan fingerprint density at radius 3 is 2.25 bits per heavy atom. The first-order chi connectivity index (χ1) is 18.7. The SMILES string of the molecule is Cc1ccc(Cl)cc1N(CC(=O)NCCN(C(=O)OC(C)(C)C)C(C)C)CC(=O)N(C)N1Cc2ccccc2C1. The minimum Gasteiger partial charge on any atom is -0.444 e. The third-order valence-electron chi connectivity index (χ3n) is 6.71. The number of benzene rings is 2. The summed E-state index contributed by atoms with van der Waals surface area (Å²) in [6, 6.07) is 13.5. The van der Waals surface area contributed by atoms with Crippen molar-refractivity contribution in [3.63, 3.8) is 0 Å². The van der Waals surface area contributed by atoms with E-state index in [2.05, 4.69) is 17.4 Å². The fourth-order valence-corrected chi connectivity index (χ4v) is 4.69. The van der Waals surface area contributed by atoms with E-state index in [-0.39, 0.29) is 37.5 Å². The summed E-state index contributed by atoms with van der Waals surface area (Å²) in [7, 11) is 1.76. The summed E-state index contributed by atoms with van der Waals surface area (Å²) in [6.07, 6.45) is -0.425. The Balaban J connectivity index is 1.66. The maximum absolute atomic E-state index is 13.4. The fourth-order valence-electron chi connectivity index (χ4n) is 4.53. The topological polar surface area (TPSA) is 85.4 Å². The lowest BCUT2D eigenvalue weighted by Gasteiger charge is -2.32. The minimum atomic E-state index is -0.611. The fraction of sp³-hybridized carbons (Fsp3) is 0.500. The molecule has 1 heterocycles. The molecule has 9 nitrogen and oxygen atoms in total. The number of hydrogen-bond acceptors (Lipinski definition) is 6. The number of hydrazine groups is 1. The molecule has 218 valence electrons. The molecule has 1 N–H and O–H groups in total. The molecule has 2 aromatic rings. The van der Waals surface area contributed by atoms with Gasteiger partial charge in [-0.1, -0.05) is 41.9 Å². The lowest BCUT2D eigenvalue weighted by molar-refractivity contribution is -0.145. The Morgan fingerprint density at radius 2 is 1.68 bits per heavy atom. The van der Waals surface area contributed by atoms with Crippen LogP contribution in [0.5, 0.6) is 0 Å². The van der Waals surface area contributed by atoms with Crippen LogP contribution in [0.4, 0.5) is 10.5 Å². The number of halogens is 1. The lowest BCUT2D eigenvalue weighted by atomic mass is 10.1. The largest absolute Gasteiger partial charge is 0.444 e. The number of likely N-dealkylation sites (N-methyl/N-ethyl adjacent to an activating group) is 1. The number of nitrogens with zero attached hydrogens (tertiary/aromatic N) is 4. The van der Waals surface area contributed by atoms with E-state index in [4.69, 9.17) is 16.3 Å². The van der Waals surface area contributed by atoms with Crippen LogP contribution in [-0.2, 0) is 27.4 Å². The zero-order chi connectivity index (χ0) is 29.6. The van der Waals surface area contributed by atoms with E-state index in [1.807, 2.05) is 64.8 Å². The van der Waals surface area contributed by atoms with Crippen molar-refractivity contribution in [3.8, 4) is 0 Å². The first-order valence-electron chi connectivity index (χ1n) is 13.6. The Kier molecular flexibility index (Phi) is 10.4. The molecule has 3 rings (SSSR count). The Bertz CT molecular complexity index is 1190. The maximum atomic E-state index is 13.4. The molecule has 0 saturated carbocycles. The van der Waals surface area contributed by atoms with Gasteiger partial charge in [0, 0.05) is 50.0 Å². The number of aryl methyl sites for hydroxylation is 1. The molecule has 0 saturated heterocycles. The van der Waals surface area contributed by atoms with E-state index in [1.54, 1.807) is 34.0 Å². The van der Waals surface area contributed by atoms with Crippen LogP contribution in [0.2, 0.25) is 5.02 Å². The predicted molar refractivity (Wildman–Crippen MR) is 158 cm³/mol. The Hall–Kier alpha value is -3.30. The molecule has 0 atom stereocenters. The molecule has 10 heteroatoms. The smallest absolute Gasteiger partial charge is 0.410 e. The first-order valence-corrected chi connectivity index (χ1v) is 14.0. The van der Waals surface area contributed by atoms with Crippen LogP contribution in [0.1, 0.15) is 51.3 Å². The van der Waals surface area contributed by atoms with Crippen molar-refractivity contribution in [1.29, 1.82) is 0 Å². The molecular formula is C30H42ClN5O4. The number of fused-ring (bicyclic) bond motifs is 1. The van der Waals surface area contributed by atoms with Crippen LogP contribution in [0.3, 0.4) is 0 Å². The van der Waals surface area contributed by atoms with E-state index in [1.165, 1.54) is 11.1 Å². The van der Waals surface area contributed by atoms with Crippen LogP contribution in [0, 0.1) is 6.92 Å². The molecule has 2 aromatic carbocycles. The summed E-state index contributed by atoms with van der Waals surface area (Å²) < 4.78 is 5.50. The summed E-state index contributed by atoms with van der Waals surface area (Å²) in [5, 5.41) is 7.04. The molecule has 0 fully saturated rings. The van der Waals surface area contributed by atoms with Gasteiger partial charge in [0.15, 0.2) is 0 Å². The van der Waals surface area contributed by atoms with Crippen molar-refractivity contribution >= 4 is 35.2 Å². The van der Waals surface area contributed by atoms with Gasteiger partial charge in [0.25, 0.3) is 5.91 Å². The highest BCUT2D eigenvalue weighted by Crippen LogP contribution is 2.26. The number of amides is 3. The van der Waals surface area contributed by atoms with Gasteiger partial charge in [-0.05, 0) is 70.4 Å². The highest BCUT2D eigenvalue weighted by molar-refractivity contribution is 6.30. The molecule has 0 bridgehead atoms. The van der Waals surface area contributed by atoms with E-state index >= 15 is 0 Å². The third kappa shape index (κ3) is 8.60. The second-order valence-corrected chi connectivity index (χ2v) is 11.8. The lowest BCUT2D eigenvalue weighted by Crippen LogP contribution is -2.49. The molecule has 0 radical (unpaired) electrons. The number of carbonyl (C=O) groups excluding carboxylic acids is 3. The van der Waals surface area contributed by atoms with E-state index < -0.39 is 11.7 Å². The third-order valence-corrected chi connectivity index (χ3v) is 6.94. The molecule has 3 amide bonds. The minimum absolute atomic E-state index is 0.00598. The molecule has 40 heavy (non-hydrogen) atoms. The van der Waals surface area contributed by atoms with Gasteiger partial charge in [0.1, 0.15) is 5.60 Å². The van der Waals surface area contributed by atoms with Gasteiger partial charge in [-0.2, -0.15) is 0 Å². The van der Waals surface area contributed by atoms with E-state index in [9.17, 15) is 14.4 Å². The van der Waals surface area contributed by atoms with Crippen LogP contribution in [-0.4, -0.2) is 77.7 Å². The van der Waals surface area contributed by atoms with Crippen molar-refractivity contribution in [2.45, 2.75) is 66.3 Å². The highest BCUT2D eigenvalue weighted by atomic mass is 35.5. The summed E-state index contributed by atoms with van der Waals surface area (Å²) in [5.41, 5.74) is 3.40. The van der Waals surface area contributed by atoms with Crippen LogP contribution in [0.25, 0.3) is 0 Å². The number of anilines is 1. The van der Waals surface area contributed by atoms with Gasteiger partial charge in [-0.25, -0.2) is 9.80 Å². The highest BCUT2D eigenvalue weighted by Gasteiger charge is 2.28. The monoisotopic (exact) mass is 571 g/mol. The average Bonchev–Trinajstić information content (AvgIpc) is 3.30. The van der Waals surface area contributed by atoms with Gasteiger partial charge in [-0.3, -0.25) is 14.6 Å². The van der Waals surface area contributed by atoms with Gasteiger partial charge in [-0.15, -0.1) is 0 Å².